The number of aliphatic hydroxyl groups excluding tert-OH is 1. The predicted octanol–water partition coefficient (Wildman–Crippen LogP) is 0.680. The summed E-state index contributed by atoms with van der Waals surface area (Å²) in [6, 6.07) is 6.68. The van der Waals surface area contributed by atoms with Gasteiger partial charge in [0.2, 0.25) is 0 Å². The lowest BCUT2D eigenvalue weighted by Gasteiger charge is -2.17. The molecule has 0 unspecified atom stereocenters. The van der Waals surface area contributed by atoms with Crippen LogP contribution in [0.4, 0.5) is 0 Å². The molecule has 0 saturated carbocycles. The summed E-state index contributed by atoms with van der Waals surface area (Å²) < 4.78 is 0. The van der Waals surface area contributed by atoms with Gasteiger partial charge in [0.25, 0.3) is 5.91 Å². The van der Waals surface area contributed by atoms with E-state index in [1.807, 2.05) is 0 Å². The molecule has 0 aliphatic rings. The van der Waals surface area contributed by atoms with E-state index in [0.29, 0.717) is 5.56 Å². The van der Waals surface area contributed by atoms with Crippen LogP contribution in [0.25, 0.3) is 0 Å². The van der Waals surface area contributed by atoms with Crippen LogP contribution in [0, 0.1) is 0 Å². The number of amides is 1. The van der Waals surface area contributed by atoms with Crippen molar-refractivity contribution in [3.05, 3.63) is 35.4 Å². The van der Waals surface area contributed by atoms with E-state index >= 15 is 0 Å². The molecule has 4 nitrogen and oxygen atoms in total. The Kier molecular flexibility index (Phi) is 4.04. The van der Waals surface area contributed by atoms with E-state index in [1.54, 1.807) is 38.1 Å². The van der Waals surface area contributed by atoms with Crippen LogP contribution in [0.1, 0.15) is 29.8 Å². The molecule has 0 aliphatic carbocycles. The summed E-state index contributed by atoms with van der Waals surface area (Å²) in [6.45, 7) is 3.42. The van der Waals surface area contributed by atoms with Crippen LogP contribution in [0.3, 0.4) is 0 Å². The Morgan fingerprint density at radius 1 is 1.31 bits per heavy atom. The van der Waals surface area contributed by atoms with Crippen LogP contribution in [0.2, 0.25) is 0 Å². The largest absolute Gasteiger partial charge is 0.392 e. The van der Waals surface area contributed by atoms with Gasteiger partial charge in [-0.25, -0.2) is 0 Å². The van der Waals surface area contributed by atoms with Crippen molar-refractivity contribution in [3.63, 3.8) is 0 Å². The maximum atomic E-state index is 11.6. The molecule has 0 saturated heterocycles. The van der Waals surface area contributed by atoms with Crippen molar-refractivity contribution in [2.45, 2.75) is 26.1 Å². The third-order valence-corrected chi connectivity index (χ3v) is 2.08. The summed E-state index contributed by atoms with van der Waals surface area (Å²) in [6.07, 6.45) is 0. The minimum absolute atomic E-state index is 0.0361. The Balaban J connectivity index is 2.59. The molecule has 4 heteroatoms. The molecular formula is C12H17NO3. The van der Waals surface area contributed by atoms with Gasteiger partial charge in [0.1, 0.15) is 0 Å². The van der Waals surface area contributed by atoms with E-state index in [-0.39, 0.29) is 19.1 Å². The number of nitrogens with one attached hydrogen (secondary N) is 1. The van der Waals surface area contributed by atoms with Gasteiger partial charge in [-0.15, -0.1) is 0 Å². The summed E-state index contributed by atoms with van der Waals surface area (Å²) in [7, 11) is 0. The average molecular weight is 223 g/mol. The Bertz CT molecular complexity index is 352. The summed E-state index contributed by atoms with van der Waals surface area (Å²) in [5, 5.41) is 20.9. The fraction of sp³-hybridized carbons (Fsp3) is 0.417. The van der Waals surface area contributed by atoms with Crippen molar-refractivity contribution in [1.29, 1.82) is 0 Å². The number of hydrogen-bond acceptors (Lipinski definition) is 3. The highest BCUT2D eigenvalue weighted by atomic mass is 16.3. The topological polar surface area (TPSA) is 69.6 Å². The molecule has 1 amide bonds. The van der Waals surface area contributed by atoms with Crippen LogP contribution in [-0.2, 0) is 6.61 Å². The molecule has 3 N–H and O–H groups in total. The molecule has 0 bridgehead atoms. The zero-order valence-corrected chi connectivity index (χ0v) is 9.53. The van der Waals surface area contributed by atoms with Gasteiger partial charge in [0.05, 0.1) is 12.2 Å². The van der Waals surface area contributed by atoms with Crippen molar-refractivity contribution in [2.24, 2.45) is 0 Å². The molecule has 1 aromatic rings. The summed E-state index contributed by atoms with van der Waals surface area (Å²) in [5.41, 5.74) is 0.362. The van der Waals surface area contributed by atoms with Crippen LogP contribution in [-0.4, -0.2) is 28.3 Å². The molecule has 0 atom stereocenters. The number of benzene rings is 1. The fourth-order valence-corrected chi connectivity index (χ4v) is 1.16. The summed E-state index contributed by atoms with van der Waals surface area (Å²) in [4.78, 5) is 11.6. The first-order valence-corrected chi connectivity index (χ1v) is 5.13. The van der Waals surface area contributed by atoms with E-state index in [0.717, 1.165) is 5.56 Å². The number of rotatable bonds is 4. The minimum atomic E-state index is -0.916. The van der Waals surface area contributed by atoms with E-state index in [1.165, 1.54) is 0 Å². The lowest BCUT2D eigenvalue weighted by Crippen LogP contribution is -2.38. The second-order valence-electron chi connectivity index (χ2n) is 4.35. The van der Waals surface area contributed by atoms with Gasteiger partial charge in [0.15, 0.2) is 0 Å². The van der Waals surface area contributed by atoms with Gasteiger partial charge >= 0.3 is 0 Å². The zero-order valence-electron chi connectivity index (χ0n) is 9.53. The Morgan fingerprint density at radius 3 is 2.31 bits per heavy atom. The predicted molar refractivity (Wildman–Crippen MR) is 61.0 cm³/mol. The molecule has 88 valence electrons. The van der Waals surface area contributed by atoms with Crippen molar-refractivity contribution in [3.8, 4) is 0 Å². The Hall–Kier alpha value is -1.39. The molecule has 0 aromatic heterocycles. The average Bonchev–Trinajstić information content (AvgIpc) is 2.25. The number of carbonyl (C=O) groups is 1. The van der Waals surface area contributed by atoms with E-state index in [4.69, 9.17) is 5.11 Å². The molecule has 0 radical (unpaired) electrons. The second-order valence-corrected chi connectivity index (χ2v) is 4.35. The smallest absolute Gasteiger partial charge is 0.251 e. The van der Waals surface area contributed by atoms with Crippen molar-refractivity contribution < 1.29 is 15.0 Å². The Morgan fingerprint density at radius 2 is 1.88 bits per heavy atom. The first kappa shape index (κ1) is 12.7. The third kappa shape index (κ3) is 4.00. The van der Waals surface area contributed by atoms with Crippen LogP contribution < -0.4 is 5.32 Å². The normalized spacial score (nSPS) is 11.2. The van der Waals surface area contributed by atoms with Gasteiger partial charge in [-0.05, 0) is 31.5 Å². The second kappa shape index (κ2) is 5.09. The SMILES string of the molecule is CC(C)(O)CNC(=O)c1ccc(CO)cc1. The quantitative estimate of drug-likeness (QED) is 0.703. The van der Waals surface area contributed by atoms with Gasteiger partial charge < -0.3 is 15.5 Å². The maximum Gasteiger partial charge on any atom is 0.251 e. The van der Waals surface area contributed by atoms with Gasteiger partial charge in [-0.2, -0.15) is 0 Å². The maximum absolute atomic E-state index is 11.6. The highest BCUT2D eigenvalue weighted by molar-refractivity contribution is 5.94. The van der Waals surface area contributed by atoms with Gasteiger partial charge in [-0.1, -0.05) is 12.1 Å². The molecule has 1 rings (SSSR count). The minimum Gasteiger partial charge on any atom is -0.392 e. The van der Waals surface area contributed by atoms with Crippen LogP contribution in [0.5, 0.6) is 0 Å². The molecule has 0 aliphatic heterocycles. The number of hydrogen-bond donors (Lipinski definition) is 3. The molecule has 16 heavy (non-hydrogen) atoms. The van der Waals surface area contributed by atoms with Crippen molar-refractivity contribution >= 4 is 5.91 Å². The fourth-order valence-electron chi connectivity index (χ4n) is 1.16. The first-order chi connectivity index (χ1) is 7.42. The van der Waals surface area contributed by atoms with Crippen LogP contribution >= 0.6 is 0 Å². The first-order valence-electron chi connectivity index (χ1n) is 5.13. The Labute approximate surface area is 94.9 Å². The lowest BCUT2D eigenvalue weighted by atomic mass is 10.1. The summed E-state index contributed by atoms with van der Waals surface area (Å²) >= 11 is 0. The van der Waals surface area contributed by atoms with E-state index < -0.39 is 5.60 Å². The van der Waals surface area contributed by atoms with Crippen molar-refractivity contribution in [1.82, 2.24) is 5.32 Å². The standard InChI is InChI=1S/C12H17NO3/c1-12(2,16)8-13-11(15)10-5-3-9(7-14)4-6-10/h3-6,14,16H,7-8H2,1-2H3,(H,13,15). The van der Waals surface area contributed by atoms with Gasteiger partial charge in [0, 0.05) is 12.1 Å². The van der Waals surface area contributed by atoms with E-state index in [9.17, 15) is 9.90 Å². The van der Waals surface area contributed by atoms with Crippen molar-refractivity contribution in [2.75, 3.05) is 6.54 Å². The highest BCUT2D eigenvalue weighted by Crippen LogP contribution is 2.05. The molecule has 0 heterocycles. The van der Waals surface area contributed by atoms with E-state index in [2.05, 4.69) is 5.32 Å². The molecular weight excluding hydrogens is 206 g/mol. The zero-order chi connectivity index (χ0) is 12.2. The third-order valence-electron chi connectivity index (χ3n) is 2.08. The lowest BCUT2D eigenvalue weighted by molar-refractivity contribution is 0.0694. The number of carbonyl (C=O) groups excluding carboxylic acids is 1. The van der Waals surface area contributed by atoms with Crippen LogP contribution in [0.15, 0.2) is 24.3 Å². The molecule has 1 aromatic carbocycles. The highest BCUT2D eigenvalue weighted by Gasteiger charge is 2.14. The molecule has 0 spiro atoms. The number of aliphatic hydroxyl groups is 2. The monoisotopic (exact) mass is 223 g/mol. The van der Waals surface area contributed by atoms with Gasteiger partial charge in [-0.3, -0.25) is 4.79 Å². The summed E-state index contributed by atoms with van der Waals surface area (Å²) in [5.74, 6) is -0.230. The molecule has 0 fully saturated rings.